The minimum Gasteiger partial charge on any atom is -0.493 e. The fourth-order valence-electron chi connectivity index (χ4n) is 3.18. The molecule has 1 aromatic heterocycles. The summed E-state index contributed by atoms with van der Waals surface area (Å²) in [5.74, 6) is 3.59. The molecule has 1 aliphatic heterocycles. The molecule has 156 valence electrons. The zero-order valence-corrected chi connectivity index (χ0v) is 16.9. The van der Waals surface area contributed by atoms with Gasteiger partial charge in [-0.15, -0.1) is 0 Å². The fraction of sp³-hybridized carbons (Fsp3) is 0.238. The van der Waals surface area contributed by atoms with E-state index in [2.05, 4.69) is 15.3 Å². The summed E-state index contributed by atoms with van der Waals surface area (Å²) in [6, 6.07) is 11.0. The van der Waals surface area contributed by atoms with Crippen LogP contribution in [0.1, 0.15) is 0 Å². The highest BCUT2D eigenvalue weighted by Gasteiger charge is 2.16. The summed E-state index contributed by atoms with van der Waals surface area (Å²) in [7, 11) is 4.67. The molecule has 2 aromatic carbocycles. The van der Waals surface area contributed by atoms with Gasteiger partial charge in [0.2, 0.25) is 11.7 Å². The lowest BCUT2D eigenvalue weighted by Gasteiger charge is -2.19. The van der Waals surface area contributed by atoms with Crippen LogP contribution in [0.15, 0.2) is 36.4 Å². The molecule has 4 rings (SSSR count). The zero-order chi connectivity index (χ0) is 21.1. The third-order valence-corrected chi connectivity index (χ3v) is 4.52. The highest BCUT2D eigenvalue weighted by atomic mass is 16.6. The molecule has 0 radical (unpaired) electrons. The lowest BCUT2D eigenvalue weighted by Crippen LogP contribution is -2.15. The molecule has 30 heavy (non-hydrogen) atoms. The SMILES string of the molecule is COc1cc(Nc2cc(-c3ccc4c(c3)OCCO4)nc(N)n2)cc(OC)c1OC. The van der Waals surface area contributed by atoms with Gasteiger partial charge in [0.05, 0.1) is 27.0 Å². The molecule has 1 aliphatic rings. The van der Waals surface area contributed by atoms with Crippen molar-refractivity contribution < 1.29 is 23.7 Å². The molecule has 9 heteroatoms. The van der Waals surface area contributed by atoms with Crippen LogP contribution < -0.4 is 34.7 Å². The van der Waals surface area contributed by atoms with E-state index in [1.165, 1.54) is 0 Å². The van der Waals surface area contributed by atoms with Gasteiger partial charge < -0.3 is 34.7 Å². The van der Waals surface area contributed by atoms with Gasteiger partial charge in [-0.3, -0.25) is 0 Å². The Morgan fingerprint density at radius 2 is 1.57 bits per heavy atom. The Morgan fingerprint density at radius 3 is 2.23 bits per heavy atom. The topological polar surface area (TPSA) is 110 Å². The smallest absolute Gasteiger partial charge is 0.222 e. The molecule has 0 bridgehead atoms. The second kappa shape index (κ2) is 8.24. The largest absolute Gasteiger partial charge is 0.493 e. The van der Waals surface area contributed by atoms with Crippen molar-refractivity contribution in [2.75, 3.05) is 45.6 Å². The maximum absolute atomic E-state index is 5.96. The molecule has 0 saturated carbocycles. The number of nitrogens with zero attached hydrogens (tertiary/aromatic N) is 2. The molecular formula is C21H22N4O5. The molecule has 0 amide bonds. The quantitative estimate of drug-likeness (QED) is 0.632. The molecule has 9 nitrogen and oxygen atoms in total. The standard InChI is InChI=1S/C21H22N4O5/c1-26-17-9-13(10-18(27-2)20(17)28-3)23-19-11-14(24-21(22)25-19)12-4-5-15-16(8-12)30-7-6-29-15/h4-5,8-11H,6-7H2,1-3H3,(H3,22,23,24,25). The molecule has 0 saturated heterocycles. The lowest BCUT2D eigenvalue weighted by molar-refractivity contribution is 0.171. The van der Waals surface area contributed by atoms with Gasteiger partial charge in [0.25, 0.3) is 0 Å². The molecule has 2 heterocycles. The third kappa shape index (κ3) is 3.82. The van der Waals surface area contributed by atoms with Crippen molar-refractivity contribution in [1.82, 2.24) is 9.97 Å². The molecule has 0 fully saturated rings. The average Bonchev–Trinajstić information content (AvgIpc) is 2.77. The monoisotopic (exact) mass is 410 g/mol. The van der Waals surface area contributed by atoms with Crippen molar-refractivity contribution in [3.63, 3.8) is 0 Å². The molecule has 3 N–H and O–H groups in total. The number of nitrogen functional groups attached to an aromatic ring is 1. The first kappa shape index (κ1) is 19.4. The van der Waals surface area contributed by atoms with E-state index in [0.29, 0.717) is 59.2 Å². The Balaban J connectivity index is 1.68. The van der Waals surface area contributed by atoms with Gasteiger partial charge in [0.15, 0.2) is 23.0 Å². The van der Waals surface area contributed by atoms with Gasteiger partial charge in [-0.2, -0.15) is 4.98 Å². The van der Waals surface area contributed by atoms with E-state index in [4.69, 9.17) is 29.4 Å². The molecule has 0 spiro atoms. The van der Waals surface area contributed by atoms with Crippen LogP contribution in [0.5, 0.6) is 28.7 Å². The van der Waals surface area contributed by atoms with Gasteiger partial charge in [-0.05, 0) is 18.2 Å². The van der Waals surface area contributed by atoms with Crippen molar-refractivity contribution in [2.45, 2.75) is 0 Å². The summed E-state index contributed by atoms with van der Waals surface area (Å²) >= 11 is 0. The molecule has 0 atom stereocenters. The average molecular weight is 410 g/mol. The van der Waals surface area contributed by atoms with E-state index < -0.39 is 0 Å². The highest BCUT2D eigenvalue weighted by Crippen LogP contribution is 2.41. The summed E-state index contributed by atoms with van der Waals surface area (Å²) < 4.78 is 27.4. The number of rotatable bonds is 6. The van der Waals surface area contributed by atoms with E-state index in [1.54, 1.807) is 39.5 Å². The molecule has 0 aliphatic carbocycles. The van der Waals surface area contributed by atoms with Gasteiger partial charge in [-0.1, -0.05) is 0 Å². The van der Waals surface area contributed by atoms with Crippen LogP contribution in [0.4, 0.5) is 17.5 Å². The number of methoxy groups -OCH3 is 3. The Morgan fingerprint density at radius 1 is 0.867 bits per heavy atom. The summed E-state index contributed by atoms with van der Waals surface area (Å²) in [5.41, 5.74) is 8.13. The fourth-order valence-corrected chi connectivity index (χ4v) is 3.18. The minimum atomic E-state index is 0.136. The summed E-state index contributed by atoms with van der Waals surface area (Å²) in [6.45, 7) is 1.05. The summed E-state index contributed by atoms with van der Waals surface area (Å²) in [6.07, 6.45) is 0. The summed E-state index contributed by atoms with van der Waals surface area (Å²) in [5, 5.41) is 3.22. The Kier molecular flexibility index (Phi) is 5.34. The zero-order valence-electron chi connectivity index (χ0n) is 16.9. The first-order valence-electron chi connectivity index (χ1n) is 9.23. The van der Waals surface area contributed by atoms with Crippen molar-refractivity contribution in [2.24, 2.45) is 0 Å². The lowest BCUT2D eigenvalue weighted by atomic mass is 10.1. The summed E-state index contributed by atoms with van der Waals surface area (Å²) in [4.78, 5) is 8.63. The number of anilines is 3. The van der Waals surface area contributed by atoms with Crippen molar-refractivity contribution >= 4 is 17.5 Å². The number of hydrogen-bond acceptors (Lipinski definition) is 9. The Labute approximate surface area is 173 Å². The highest BCUT2D eigenvalue weighted by molar-refractivity contribution is 5.71. The number of nitrogens with one attached hydrogen (secondary N) is 1. The second-order valence-electron chi connectivity index (χ2n) is 6.39. The molecule has 0 unspecified atom stereocenters. The van der Waals surface area contributed by atoms with E-state index in [0.717, 1.165) is 5.56 Å². The van der Waals surface area contributed by atoms with Crippen LogP contribution in [-0.4, -0.2) is 44.5 Å². The van der Waals surface area contributed by atoms with Gasteiger partial charge in [-0.25, -0.2) is 4.98 Å². The molecule has 3 aromatic rings. The molecular weight excluding hydrogens is 388 g/mol. The van der Waals surface area contributed by atoms with Crippen molar-refractivity contribution in [1.29, 1.82) is 0 Å². The van der Waals surface area contributed by atoms with Crippen molar-refractivity contribution in [3.8, 4) is 40.0 Å². The minimum absolute atomic E-state index is 0.136. The van der Waals surface area contributed by atoms with Gasteiger partial charge in [0, 0.05) is 29.4 Å². The predicted molar refractivity (Wildman–Crippen MR) is 112 cm³/mol. The maximum Gasteiger partial charge on any atom is 0.222 e. The number of aromatic nitrogens is 2. The second-order valence-corrected chi connectivity index (χ2v) is 6.39. The van der Waals surface area contributed by atoms with E-state index in [-0.39, 0.29) is 5.95 Å². The van der Waals surface area contributed by atoms with Gasteiger partial charge in [0.1, 0.15) is 19.0 Å². The van der Waals surface area contributed by atoms with Crippen LogP contribution >= 0.6 is 0 Å². The van der Waals surface area contributed by atoms with Crippen molar-refractivity contribution in [3.05, 3.63) is 36.4 Å². The number of nitrogens with two attached hydrogens (primary N) is 1. The van der Waals surface area contributed by atoms with Crippen LogP contribution in [0.25, 0.3) is 11.3 Å². The number of benzene rings is 2. The van der Waals surface area contributed by atoms with Crippen LogP contribution in [0.3, 0.4) is 0 Å². The van der Waals surface area contributed by atoms with E-state index in [9.17, 15) is 0 Å². The normalized spacial score (nSPS) is 12.2. The number of fused-ring (bicyclic) bond motifs is 1. The van der Waals surface area contributed by atoms with E-state index in [1.807, 2.05) is 18.2 Å². The van der Waals surface area contributed by atoms with Crippen LogP contribution in [0, 0.1) is 0 Å². The first-order chi connectivity index (χ1) is 14.6. The van der Waals surface area contributed by atoms with Gasteiger partial charge >= 0.3 is 0 Å². The van der Waals surface area contributed by atoms with Crippen LogP contribution in [-0.2, 0) is 0 Å². The van der Waals surface area contributed by atoms with Crippen LogP contribution in [0.2, 0.25) is 0 Å². The maximum atomic E-state index is 5.96. The Bertz CT molecular complexity index is 1050. The Hall–Kier alpha value is -3.88. The first-order valence-corrected chi connectivity index (χ1v) is 9.23. The predicted octanol–water partition coefficient (Wildman–Crippen LogP) is 3.27. The third-order valence-electron chi connectivity index (χ3n) is 4.52. The number of ether oxygens (including phenoxy) is 5. The number of hydrogen-bond donors (Lipinski definition) is 2. The van der Waals surface area contributed by atoms with E-state index >= 15 is 0 Å².